The number of nitrogens with one attached hydrogen (secondary N) is 1. The number of H-pyrrole nitrogens is 1. The number of amides is 1. The van der Waals surface area contributed by atoms with Crippen molar-refractivity contribution < 1.29 is 9.53 Å². The van der Waals surface area contributed by atoms with Crippen LogP contribution in [-0.4, -0.2) is 65.1 Å². The van der Waals surface area contributed by atoms with Crippen LogP contribution in [0.5, 0.6) is 0 Å². The van der Waals surface area contributed by atoms with Crippen molar-refractivity contribution in [1.82, 2.24) is 19.8 Å². The van der Waals surface area contributed by atoms with Crippen LogP contribution < -0.4 is 0 Å². The number of hydrogen-bond donors (Lipinski definition) is 1. The summed E-state index contributed by atoms with van der Waals surface area (Å²) in [6.07, 6.45) is 3.58. The molecule has 140 valence electrons. The second-order valence-electron chi connectivity index (χ2n) is 7.45. The SMILES string of the molecule is Cc1ccc2nc([C@@H]3CCCN3C(=O)CCCN3CCOCC3)[nH]c2c1. The number of imidazole rings is 1. The molecule has 0 unspecified atom stereocenters. The van der Waals surface area contributed by atoms with Crippen LogP contribution in [0.15, 0.2) is 18.2 Å². The first-order valence-electron chi connectivity index (χ1n) is 9.76. The summed E-state index contributed by atoms with van der Waals surface area (Å²) in [4.78, 5) is 25.4. The van der Waals surface area contributed by atoms with Crippen molar-refractivity contribution in [1.29, 1.82) is 0 Å². The van der Waals surface area contributed by atoms with E-state index in [9.17, 15) is 4.79 Å². The normalized spacial score (nSPS) is 21.6. The minimum atomic E-state index is 0.0959. The molecule has 1 atom stereocenters. The number of aromatic nitrogens is 2. The zero-order valence-corrected chi connectivity index (χ0v) is 15.5. The Morgan fingerprint density at radius 1 is 1.31 bits per heavy atom. The second kappa shape index (κ2) is 7.76. The molecule has 4 rings (SSSR count). The van der Waals surface area contributed by atoms with E-state index in [4.69, 9.17) is 9.72 Å². The van der Waals surface area contributed by atoms with E-state index in [1.807, 2.05) is 11.0 Å². The zero-order chi connectivity index (χ0) is 17.9. The Bertz CT molecular complexity index is 766. The lowest BCUT2D eigenvalue weighted by molar-refractivity contribution is -0.132. The van der Waals surface area contributed by atoms with Gasteiger partial charge in [-0.05, 0) is 50.4 Å². The van der Waals surface area contributed by atoms with Gasteiger partial charge >= 0.3 is 0 Å². The van der Waals surface area contributed by atoms with Crippen LogP contribution in [0.3, 0.4) is 0 Å². The molecule has 2 aliphatic heterocycles. The highest BCUT2D eigenvalue weighted by molar-refractivity contribution is 5.78. The summed E-state index contributed by atoms with van der Waals surface area (Å²) in [7, 11) is 0. The number of aryl methyl sites for hydroxylation is 1. The van der Waals surface area contributed by atoms with E-state index in [2.05, 4.69) is 28.9 Å². The number of carbonyl (C=O) groups excluding carboxylic acids is 1. The molecular weight excluding hydrogens is 328 g/mol. The van der Waals surface area contributed by atoms with Crippen molar-refractivity contribution in [2.75, 3.05) is 39.4 Å². The van der Waals surface area contributed by atoms with Gasteiger partial charge in [-0.1, -0.05) is 6.07 Å². The van der Waals surface area contributed by atoms with Crippen molar-refractivity contribution in [3.05, 3.63) is 29.6 Å². The summed E-state index contributed by atoms with van der Waals surface area (Å²) >= 11 is 0. The van der Waals surface area contributed by atoms with E-state index in [1.54, 1.807) is 0 Å². The van der Waals surface area contributed by atoms with Crippen LogP contribution in [0.4, 0.5) is 0 Å². The quantitative estimate of drug-likeness (QED) is 0.895. The predicted molar refractivity (Wildman–Crippen MR) is 101 cm³/mol. The maximum absolute atomic E-state index is 12.8. The van der Waals surface area contributed by atoms with Crippen LogP contribution in [-0.2, 0) is 9.53 Å². The van der Waals surface area contributed by atoms with Gasteiger partial charge in [-0.2, -0.15) is 0 Å². The zero-order valence-electron chi connectivity index (χ0n) is 15.5. The summed E-state index contributed by atoms with van der Waals surface area (Å²) in [6, 6.07) is 6.35. The summed E-state index contributed by atoms with van der Waals surface area (Å²) in [6.45, 7) is 7.51. The highest BCUT2D eigenvalue weighted by atomic mass is 16.5. The van der Waals surface area contributed by atoms with E-state index in [0.29, 0.717) is 6.42 Å². The number of fused-ring (bicyclic) bond motifs is 1. The largest absolute Gasteiger partial charge is 0.379 e. The maximum Gasteiger partial charge on any atom is 0.223 e. The van der Waals surface area contributed by atoms with Crippen molar-refractivity contribution in [3.63, 3.8) is 0 Å². The fourth-order valence-electron chi connectivity index (χ4n) is 4.07. The monoisotopic (exact) mass is 356 g/mol. The Labute approximate surface area is 154 Å². The lowest BCUT2D eigenvalue weighted by atomic mass is 10.2. The number of morpholine rings is 1. The van der Waals surface area contributed by atoms with Gasteiger partial charge in [0.15, 0.2) is 0 Å². The van der Waals surface area contributed by atoms with E-state index in [1.165, 1.54) is 5.56 Å². The number of ether oxygens (including phenoxy) is 1. The van der Waals surface area contributed by atoms with Gasteiger partial charge in [-0.25, -0.2) is 4.98 Å². The number of hydrogen-bond acceptors (Lipinski definition) is 4. The van der Waals surface area contributed by atoms with Gasteiger partial charge in [-0.15, -0.1) is 0 Å². The number of carbonyl (C=O) groups is 1. The minimum Gasteiger partial charge on any atom is -0.379 e. The highest BCUT2D eigenvalue weighted by Crippen LogP contribution is 2.32. The Hall–Kier alpha value is -1.92. The third kappa shape index (κ3) is 3.76. The summed E-state index contributed by atoms with van der Waals surface area (Å²) in [5.41, 5.74) is 3.26. The molecule has 1 N–H and O–H groups in total. The van der Waals surface area contributed by atoms with Crippen molar-refractivity contribution in [3.8, 4) is 0 Å². The Balaban J connectivity index is 1.37. The molecule has 1 aromatic heterocycles. The molecule has 3 heterocycles. The molecule has 2 aromatic rings. The lowest BCUT2D eigenvalue weighted by Gasteiger charge is -2.27. The molecular formula is C20H28N4O2. The van der Waals surface area contributed by atoms with Crippen LogP contribution >= 0.6 is 0 Å². The average Bonchev–Trinajstić information content (AvgIpc) is 3.28. The van der Waals surface area contributed by atoms with Crippen LogP contribution in [0, 0.1) is 6.92 Å². The number of rotatable bonds is 5. The molecule has 26 heavy (non-hydrogen) atoms. The number of benzene rings is 1. The molecule has 0 saturated carbocycles. The van der Waals surface area contributed by atoms with E-state index in [0.717, 1.165) is 75.5 Å². The average molecular weight is 356 g/mol. The number of nitrogens with zero attached hydrogens (tertiary/aromatic N) is 3. The molecule has 0 aliphatic carbocycles. The fraction of sp³-hybridized carbons (Fsp3) is 0.600. The Morgan fingerprint density at radius 3 is 3.00 bits per heavy atom. The van der Waals surface area contributed by atoms with Gasteiger partial charge in [0.2, 0.25) is 5.91 Å². The first-order chi connectivity index (χ1) is 12.7. The molecule has 6 nitrogen and oxygen atoms in total. The van der Waals surface area contributed by atoms with Crippen LogP contribution in [0.25, 0.3) is 11.0 Å². The first kappa shape index (κ1) is 17.5. The summed E-state index contributed by atoms with van der Waals surface area (Å²) in [5, 5.41) is 0. The third-order valence-electron chi connectivity index (χ3n) is 5.51. The van der Waals surface area contributed by atoms with Gasteiger partial charge in [0.05, 0.1) is 30.3 Å². The molecule has 0 bridgehead atoms. The molecule has 6 heteroatoms. The topological polar surface area (TPSA) is 61.5 Å². The van der Waals surface area contributed by atoms with Gasteiger partial charge in [0.25, 0.3) is 0 Å². The van der Waals surface area contributed by atoms with Gasteiger partial charge in [0.1, 0.15) is 5.82 Å². The third-order valence-corrected chi connectivity index (χ3v) is 5.51. The summed E-state index contributed by atoms with van der Waals surface area (Å²) in [5.74, 6) is 1.20. The van der Waals surface area contributed by atoms with E-state index >= 15 is 0 Å². The van der Waals surface area contributed by atoms with Gasteiger partial charge in [0, 0.05) is 26.1 Å². The van der Waals surface area contributed by atoms with Gasteiger partial charge in [-0.3, -0.25) is 9.69 Å². The Kier molecular flexibility index (Phi) is 5.22. The van der Waals surface area contributed by atoms with Crippen molar-refractivity contribution >= 4 is 16.9 Å². The lowest BCUT2D eigenvalue weighted by Crippen LogP contribution is -2.37. The molecule has 1 aromatic carbocycles. The molecule has 2 saturated heterocycles. The highest BCUT2D eigenvalue weighted by Gasteiger charge is 2.31. The predicted octanol–water partition coefficient (Wildman–Crippen LogP) is 2.65. The summed E-state index contributed by atoms with van der Waals surface area (Å²) < 4.78 is 5.38. The number of aromatic amines is 1. The smallest absolute Gasteiger partial charge is 0.223 e. The van der Waals surface area contributed by atoms with Gasteiger partial charge < -0.3 is 14.6 Å². The minimum absolute atomic E-state index is 0.0959. The molecule has 1 amide bonds. The molecule has 0 radical (unpaired) electrons. The first-order valence-corrected chi connectivity index (χ1v) is 9.76. The van der Waals surface area contributed by atoms with E-state index < -0.39 is 0 Å². The maximum atomic E-state index is 12.8. The fourth-order valence-corrected chi connectivity index (χ4v) is 4.07. The van der Waals surface area contributed by atoms with Crippen LogP contribution in [0.2, 0.25) is 0 Å². The molecule has 2 aliphatic rings. The second-order valence-corrected chi connectivity index (χ2v) is 7.45. The van der Waals surface area contributed by atoms with E-state index in [-0.39, 0.29) is 11.9 Å². The molecule has 0 spiro atoms. The molecule has 2 fully saturated rings. The number of likely N-dealkylation sites (tertiary alicyclic amines) is 1. The van der Waals surface area contributed by atoms with Crippen LogP contribution in [0.1, 0.15) is 43.1 Å². The Morgan fingerprint density at radius 2 is 2.15 bits per heavy atom. The standard InChI is InChI=1S/C20H28N4O2/c1-15-6-7-16-17(14-15)22-20(21-16)18-4-2-9-24(18)19(25)5-3-8-23-10-12-26-13-11-23/h6-7,14,18H,2-5,8-13H2,1H3,(H,21,22)/t18-/m0/s1. The van der Waals surface area contributed by atoms with Crippen molar-refractivity contribution in [2.45, 2.75) is 38.6 Å². The van der Waals surface area contributed by atoms with Crippen molar-refractivity contribution in [2.24, 2.45) is 0 Å².